The van der Waals surface area contributed by atoms with Crippen LogP contribution in [0.25, 0.3) is 11.2 Å². The van der Waals surface area contributed by atoms with Crippen LogP contribution in [0, 0.1) is 0 Å². The fourth-order valence-electron chi connectivity index (χ4n) is 3.48. The molecule has 6 heteroatoms. The third-order valence-corrected chi connectivity index (χ3v) is 4.60. The number of amides is 1. The van der Waals surface area contributed by atoms with E-state index < -0.39 is 0 Å². The summed E-state index contributed by atoms with van der Waals surface area (Å²) in [5.41, 5.74) is 1.53. The molecule has 2 fully saturated rings. The Morgan fingerprint density at radius 3 is 2.86 bits per heavy atom. The van der Waals surface area contributed by atoms with Gasteiger partial charge in [-0.2, -0.15) is 0 Å². The Labute approximate surface area is 128 Å². The summed E-state index contributed by atoms with van der Waals surface area (Å²) in [7, 11) is 0. The summed E-state index contributed by atoms with van der Waals surface area (Å²) in [6.07, 6.45) is 7.68. The number of pyridine rings is 1. The van der Waals surface area contributed by atoms with E-state index in [9.17, 15) is 4.79 Å². The molecule has 1 saturated carbocycles. The van der Waals surface area contributed by atoms with Gasteiger partial charge in [0.2, 0.25) is 0 Å². The summed E-state index contributed by atoms with van der Waals surface area (Å²) in [6.45, 7) is 1.91. The molecule has 22 heavy (non-hydrogen) atoms. The normalized spacial score (nSPS) is 20.6. The van der Waals surface area contributed by atoms with Crippen LogP contribution in [-0.4, -0.2) is 51.1 Å². The van der Waals surface area contributed by atoms with Crippen LogP contribution < -0.4 is 0 Å². The summed E-state index contributed by atoms with van der Waals surface area (Å²) in [5.74, 6) is -0.0397. The molecule has 0 N–H and O–H groups in total. The summed E-state index contributed by atoms with van der Waals surface area (Å²) in [6, 6.07) is 3.53. The summed E-state index contributed by atoms with van der Waals surface area (Å²) < 4.78 is 5.98. The fraction of sp³-hybridized carbons (Fsp3) is 0.500. The highest BCUT2D eigenvalue weighted by Crippen LogP contribution is 2.36. The first kappa shape index (κ1) is 13.6. The second kappa shape index (κ2) is 5.28. The number of rotatable bonds is 1. The molecule has 1 saturated heterocycles. The van der Waals surface area contributed by atoms with E-state index in [0.29, 0.717) is 36.6 Å². The molecular weight excluding hydrogens is 280 g/mol. The predicted octanol–water partition coefficient (Wildman–Crippen LogP) is 1.81. The Balaban J connectivity index is 1.59. The minimum absolute atomic E-state index is 0.0397. The van der Waals surface area contributed by atoms with Crippen LogP contribution in [0.4, 0.5) is 0 Å². The van der Waals surface area contributed by atoms with Gasteiger partial charge in [-0.05, 0) is 25.0 Å². The molecule has 2 aliphatic rings. The van der Waals surface area contributed by atoms with Crippen LogP contribution in [0.3, 0.4) is 0 Å². The number of nitrogens with zero attached hydrogens (tertiary/aromatic N) is 4. The average Bonchev–Trinajstić information content (AvgIpc) is 3.01. The lowest BCUT2D eigenvalue weighted by Crippen LogP contribution is -2.52. The number of hydrogen-bond donors (Lipinski definition) is 0. The number of aromatic nitrogens is 3. The molecule has 0 bridgehead atoms. The molecule has 6 nitrogen and oxygen atoms in total. The van der Waals surface area contributed by atoms with Gasteiger partial charge in [-0.25, -0.2) is 9.97 Å². The van der Waals surface area contributed by atoms with Crippen LogP contribution in [0.2, 0.25) is 0 Å². The molecule has 0 unspecified atom stereocenters. The van der Waals surface area contributed by atoms with E-state index in [1.807, 2.05) is 4.90 Å². The molecule has 1 amide bonds. The van der Waals surface area contributed by atoms with Crippen LogP contribution in [0.15, 0.2) is 24.5 Å². The lowest BCUT2D eigenvalue weighted by atomic mass is 9.99. The molecular formula is C16H18N4O2. The number of ether oxygens (including phenoxy) is 1. The van der Waals surface area contributed by atoms with Crippen molar-refractivity contribution in [3.63, 3.8) is 0 Å². The molecule has 0 aromatic carbocycles. The van der Waals surface area contributed by atoms with Gasteiger partial charge in [0.25, 0.3) is 5.91 Å². The maximum Gasteiger partial charge on any atom is 0.272 e. The first-order chi connectivity index (χ1) is 10.8. The van der Waals surface area contributed by atoms with Crippen molar-refractivity contribution in [2.24, 2.45) is 0 Å². The van der Waals surface area contributed by atoms with Gasteiger partial charge in [-0.15, -0.1) is 0 Å². The van der Waals surface area contributed by atoms with E-state index >= 15 is 0 Å². The molecule has 1 spiro atoms. The van der Waals surface area contributed by atoms with E-state index in [1.165, 1.54) is 12.8 Å². The van der Waals surface area contributed by atoms with Crippen molar-refractivity contribution in [3.8, 4) is 0 Å². The second-order valence-electron chi connectivity index (χ2n) is 6.06. The van der Waals surface area contributed by atoms with Gasteiger partial charge in [-0.3, -0.25) is 9.78 Å². The van der Waals surface area contributed by atoms with Crippen molar-refractivity contribution in [2.75, 3.05) is 19.7 Å². The topological polar surface area (TPSA) is 68.2 Å². The van der Waals surface area contributed by atoms with E-state index in [4.69, 9.17) is 4.74 Å². The Kier molecular flexibility index (Phi) is 3.26. The Hall–Kier alpha value is -2.08. The average molecular weight is 298 g/mol. The molecule has 2 aromatic rings. The number of fused-ring (bicyclic) bond motifs is 1. The van der Waals surface area contributed by atoms with Gasteiger partial charge in [0.05, 0.1) is 18.8 Å². The quantitative estimate of drug-likeness (QED) is 0.803. The minimum atomic E-state index is -0.120. The van der Waals surface area contributed by atoms with Crippen molar-refractivity contribution in [2.45, 2.75) is 31.3 Å². The van der Waals surface area contributed by atoms with Crippen molar-refractivity contribution in [1.29, 1.82) is 0 Å². The highest BCUT2D eigenvalue weighted by atomic mass is 16.5. The Morgan fingerprint density at radius 1 is 1.18 bits per heavy atom. The zero-order valence-corrected chi connectivity index (χ0v) is 12.4. The monoisotopic (exact) mass is 298 g/mol. The Bertz CT molecular complexity index is 712. The Morgan fingerprint density at radius 2 is 2.00 bits per heavy atom. The molecule has 1 aliphatic heterocycles. The lowest BCUT2D eigenvalue weighted by Gasteiger charge is -2.40. The highest BCUT2D eigenvalue weighted by Gasteiger charge is 2.40. The molecule has 4 rings (SSSR count). The zero-order chi connectivity index (χ0) is 15.0. The van der Waals surface area contributed by atoms with Gasteiger partial charge in [0, 0.05) is 18.9 Å². The van der Waals surface area contributed by atoms with Crippen LogP contribution in [0.1, 0.15) is 36.2 Å². The summed E-state index contributed by atoms with van der Waals surface area (Å²) >= 11 is 0. The standard InChI is InChI=1S/C16H18N4O2/c21-15(13-4-3-12-14(19-13)18-8-7-17-12)20-9-10-22-16(11-20)5-1-2-6-16/h3-4,7-8H,1-2,5-6,9-11H2. The van der Waals surface area contributed by atoms with Gasteiger partial charge in [-0.1, -0.05) is 12.8 Å². The maximum absolute atomic E-state index is 12.7. The molecule has 2 aromatic heterocycles. The fourth-order valence-corrected chi connectivity index (χ4v) is 3.48. The van der Waals surface area contributed by atoms with Crippen molar-refractivity contribution in [3.05, 3.63) is 30.2 Å². The predicted molar refractivity (Wildman–Crippen MR) is 80.4 cm³/mol. The minimum Gasteiger partial charge on any atom is -0.371 e. The van der Waals surface area contributed by atoms with E-state index in [-0.39, 0.29) is 11.5 Å². The van der Waals surface area contributed by atoms with Crippen molar-refractivity contribution in [1.82, 2.24) is 19.9 Å². The largest absolute Gasteiger partial charge is 0.371 e. The summed E-state index contributed by atoms with van der Waals surface area (Å²) in [5, 5.41) is 0. The molecule has 3 heterocycles. The second-order valence-corrected chi connectivity index (χ2v) is 6.06. The zero-order valence-electron chi connectivity index (χ0n) is 12.4. The molecule has 114 valence electrons. The SMILES string of the molecule is O=C(c1ccc2nccnc2n1)N1CCOC2(CCCC2)C1. The maximum atomic E-state index is 12.7. The molecule has 0 atom stereocenters. The number of carbonyl (C=O) groups is 1. The first-order valence-electron chi connectivity index (χ1n) is 7.77. The van der Waals surface area contributed by atoms with E-state index in [0.717, 1.165) is 12.8 Å². The number of carbonyl (C=O) groups excluding carboxylic acids is 1. The van der Waals surface area contributed by atoms with Crippen molar-refractivity contribution < 1.29 is 9.53 Å². The highest BCUT2D eigenvalue weighted by molar-refractivity contribution is 5.94. The van der Waals surface area contributed by atoms with E-state index in [1.54, 1.807) is 24.5 Å². The van der Waals surface area contributed by atoms with Gasteiger partial charge < -0.3 is 9.64 Å². The first-order valence-corrected chi connectivity index (χ1v) is 7.77. The van der Waals surface area contributed by atoms with Crippen LogP contribution >= 0.6 is 0 Å². The van der Waals surface area contributed by atoms with E-state index in [2.05, 4.69) is 15.0 Å². The van der Waals surface area contributed by atoms with Crippen molar-refractivity contribution >= 4 is 17.1 Å². The molecule has 0 radical (unpaired) electrons. The summed E-state index contributed by atoms with van der Waals surface area (Å²) in [4.78, 5) is 27.3. The van der Waals surface area contributed by atoms with Crippen LogP contribution in [0.5, 0.6) is 0 Å². The van der Waals surface area contributed by atoms with Gasteiger partial charge in [0.1, 0.15) is 11.2 Å². The number of morpholine rings is 1. The lowest BCUT2D eigenvalue weighted by molar-refractivity contribution is -0.0949. The smallest absolute Gasteiger partial charge is 0.272 e. The molecule has 1 aliphatic carbocycles. The third-order valence-electron chi connectivity index (χ3n) is 4.60. The third kappa shape index (κ3) is 2.33. The number of hydrogen-bond acceptors (Lipinski definition) is 5. The van der Waals surface area contributed by atoms with Gasteiger partial charge >= 0.3 is 0 Å². The van der Waals surface area contributed by atoms with Crippen LogP contribution in [-0.2, 0) is 4.74 Å². The van der Waals surface area contributed by atoms with Gasteiger partial charge in [0.15, 0.2) is 5.65 Å².